The van der Waals surface area contributed by atoms with Gasteiger partial charge in [-0.25, -0.2) is 4.39 Å². The normalized spacial score (nSPS) is 10.5. The van der Waals surface area contributed by atoms with E-state index in [9.17, 15) is 4.39 Å². The Morgan fingerprint density at radius 1 is 1.00 bits per heavy atom. The lowest BCUT2D eigenvalue weighted by molar-refractivity contribution is 0.355. The highest BCUT2D eigenvalue weighted by Gasteiger charge is 2.10. The Bertz CT molecular complexity index is 614. The Morgan fingerprint density at radius 2 is 1.76 bits per heavy atom. The first-order valence-electron chi connectivity index (χ1n) is 6.91. The topological polar surface area (TPSA) is 30.5 Å². The number of hydrogen-bond donors (Lipinski definition) is 1. The lowest BCUT2D eigenvalue weighted by Crippen LogP contribution is -2.11. The summed E-state index contributed by atoms with van der Waals surface area (Å²) < 4.78 is 24.7. The molecule has 0 saturated heterocycles. The first-order chi connectivity index (χ1) is 10.2. The van der Waals surface area contributed by atoms with Crippen LogP contribution in [0.5, 0.6) is 11.5 Å². The Kier molecular flexibility index (Phi) is 5.17. The Balaban J connectivity index is 2.33. The molecular weight excluding hydrogens is 269 g/mol. The first kappa shape index (κ1) is 15.3. The van der Waals surface area contributed by atoms with Gasteiger partial charge in [-0.1, -0.05) is 25.1 Å². The molecule has 112 valence electrons. The van der Waals surface area contributed by atoms with Crippen LogP contribution in [-0.4, -0.2) is 20.8 Å². The molecule has 0 unspecified atom stereocenters. The van der Waals surface area contributed by atoms with Crippen LogP contribution >= 0.6 is 0 Å². The Labute approximate surface area is 124 Å². The first-order valence-corrected chi connectivity index (χ1v) is 6.91. The predicted molar refractivity (Wildman–Crippen MR) is 82.3 cm³/mol. The van der Waals surface area contributed by atoms with E-state index in [-0.39, 0.29) is 5.82 Å². The van der Waals surface area contributed by atoms with Crippen LogP contribution in [0.3, 0.4) is 0 Å². The van der Waals surface area contributed by atoms with Crippen LogP contribution in [0.1, 0.15) is 12.5 Å². The van der Waals surface area contributed by atoms with Gasteiger partial charge in [-0.15, -0.1) is 0 Å². The van der Waals surface area contributed by atoms with E-state index in [4.69, 9.17) is 9.47 Å². The maximum atomic E-state index is 14.3. The minimum atomic E-state index is -0.238. The molecule has 2 rings (SSSR count). The molecule has 0 radical (unpaired) electrons. The van der Waals surface area contributed by atoms with E-state index in [0.717, 1.165) is 17.7 Å². The molecule has 0 bridgehead atoms. The molecule has 0 aliphatic heterocycles. The molecule has 3 nitrogen and oxygen atoms in total. The van der Waals surface area contributed by atoms with Gasteiger partial charge in [0.25, 0.3) is 0 Å². The smallest absolute Gasteiger partial charge is 0.161 e. The zero-order chi connectivity index (χ0) is 15.2. The molecule has 1 N–H and O–H groups in total. The molecule has 0 aromatic heterocycles. The summed E-state index contributed by atoms with van der Waals surface area (Å²) in [5.41, 5.74) is 2.25. The van der Waals surface area contributed by atoms with Crippen LogP contribution in [0.15, 0.2) is 36.4 Å². The number of halogens is 1. The summed E-state index contributed by atoms with van der Waals surface area (Å²) >= 11 is 0. The van der Waals surface area contributed by atoms with Gasteiger partial charge in [-0.3, -0.25) is 0 Å². The summed E-state index contributed by atoms with van der Waals surface area (Å²) in [5, 5.41) is 3.18. The summed E-state index contributed by atoms with van der Waals surface area (Å²) in [6, 6.07) is 10.7. The fourth-order valence-electron chi connectivity index (χ4n) is 2.18. The van der Waals surface area contributed by atoms with Crippen molar-refractivity contribution >= 4 is 0 Å². The second-order valence-corrected chi connectivity index (χ2v) is 4.66. The third kappa shape index (κ3) is 3.52. The van der Waals surface area contributed by atoms with Crippen LogP contribution in [-0.2, 0) is 6.54 Å². The molecule has 4 heteroatoms. The highest BCUT2D eigenvalue weighted by Crippen LogP contribution is 2.33. The maximum absolute atomic E-state index is 14.3. The number of hydrogen-bond acceptors (Lipinski definition) is 3. The van der Waals surface area contributed by atoms with Gasteiger partial charge in [0, 0.05) is 12.1 Å². The summed E-state index contributed by atoms with van der Waals surface area (Å²) in [6.07, 6.45) is 0. The lowest BCUT2D eigenvalue weighted by Gasteiger charge is -2.11. The molecule has 0 heterocycles. The summed E-state index contributed by atoms with van der Waals surface area (Å²) in [6.45, 7) is 3.55. The van der Waals surface area contributed by atoms with E-state index in [2.05, 4.69) is 5.32 Å². The van der Waals surface area contributed by atoms with Gasteiger partial charge in [0.05, 0.1) is 14.2 Å². The van der Waals surface area contributed by atoms with Crippen molar-refractivity contribution in [3.05, 3.63) is 47.8 Å². The molecule has 2 aromatic carbocycles. The third-order valence-corrected chi connectivity index (χ3v) is 3.31. The number of nitrogens with one attached hydrogen (secondary N) is 1. The van der Waals surface area contributed by atoms with E-state index in [1.165, 1.54) is 0 Å². The van der Waals surface area contributed by atoms with Crippen LogP contribution < -0.4 is 14.8 Å². The quantitative estimate of drug-likeness (QED) is 0.881. The number of rotatable bonds is 6. The van der Waals surface area contributed by atoms with Gasteiger partial charge >= 0.3 is 0 Å². The van der Waals surface area contributed by atoms with Gasteiger partial charge < -0.3 is 14.8 Å². The number of methoxy groups -OCH3 is 2. The van der Waals surface area contributed by atoms with Crippen LogP contribution in [0, 0.1) is 5.82 Å². The molecule has 21 heavy (non-hydrogen) atoms. The minimum Gasteiger partial charge on any atom is -0.493 e. The van der Waals surface area contributed by atoms with E-state index in [1.54, 1.807) is 38.5 Å². The molecule has 0 amide bonds. The molecule has 0 aliphatic carbocycles. The zero-order valence-electron chi connectivity index (χ0n) is 12.6. The Morgan fingerprint density at radius 3 is 2.38 bits per heavy atom. The molecule has 0 aliphatic rings. The van der Waals surface area contributed by atoms with Crippen molar-refractivity contribution in [1.82, 2.24) is 5.32 Å². The highest BCUT2D eigenvalue weighted by atomic mass is 19.1. The second kappa shape index (κ2) is 7.09. The van der Waals surface area contributed by atoms with E-state index in [0.29, 0.717) is 23.6 Å². The van der Waals surface area contributed by atoms with Crippen LogP contribution in [0.25, 0.3) is 11.1 Å². The standard InChI is InChI=1S/C17H20FNO2/c1-4-19-11-12-5-7-14(15(18)9-12)13-6-8-16(20-2)17(10-13)21-3/h5-10,19H,4,11H2,1-3H3. The molecule has 0 saturated carbocycles. The van der Waals surface area contributed by atoms with E-state index >= 15 is 0 Å². The average Bonchev–Trinajstić information content (AvgIpc) is 2.52. The molecule has 0 fully saturated rings. The zero-order valence-corrected chi connectivity index (χ0v) is 12.6. The van der Waals surface area contributed by atoms with Crippen molar-refractivity contribution < 1.29 is 13.9 Å². The predicted octanol–water partition coefficient (Wildman–Crippen LogP) is 3.62. The summed E-state index contributed by atoms with van der Waals surface area (Å²) in [5.74, 6) is 0.981. The minimum absolute atomic E-state index is 0.238. The monoisotopic (exact) mass is 289 g/mol. The molecule has 0 atom stereocenters. The van der Waals surface area contributed by atoms with Crippen molar-refractivity contribution in [2.45, 2.75) is 13.5 Å². The average molecular weight is 289 g/mol. The van der Waals surface area contributed by atoms with Crippen LogP contribution in [0.2, 0.25) is 0 Å². The fraction of sp³-hybridized carbons (Fsp3) is 0.294. The fourth-order valence-corrected chi connectivity index (χ4v) is 2.18. The third-order valence-electron chi connectivity index (χ3n) is 3.31. The van der Waals surface area contributed by atoms with Crippen LogP contribution in [0.4, 0.5) is 4.39 Å². The van der Waals surface area contributed by atoms with Crippen molar-refractivity contribution in [2.24, 2.45) is 0 Å². The summed E-state index contributed by atoms with van der Waals surface area (Å²) in [7, 11) is 3.14. The number of benzene rings is 2. The van der Waals surface area contributed by atoms with Gasteiger partial charge in [0.15, 0.2) is 11.5 Å². The molecule has 2 aromatic rings. The maximum Gasteiger partial charge on any atom is 0.161 e. The highest BCUT2D eigenvalue weighted by molar-refractivity contribution is 5.68. The van der Waals surface area contributed by atoms with Crippen molar-refractivity contribution in [3.8, 4) is 22.6 Å². The molecular formula is C17H20FNO2. The summed E-state index contributed by atoms with van der Waals surface area (Å²) in [4.78, 5) is 0. The van der Waals surface area contributed by atoms with Gasteiger partial charge in [0.1, 0.15) is 5.82 Å². The van der Waals surface area contributed by atoms with Gasteiger partial charge in [-0.05, 0) is 35.9 Å². The van der Waals surface area contributed by atoms with Crippen molar-refractivity contribution in [3.63, 3.8) is 0 Å². The van der Waals surface area contributed by atoms with Crippen molar-refractivity contribution in [2.75, 3.05) is 20.8 Å². The van der Waals surface area contributed by atoms with Crippen molar-refractivity contribution in [1.29, 1.82) is 0 Å². The Hall–Kier alpha value is -2.07. The lowest BCUT2D eigenvalue weighted by atomic mass is 10.0. The number of ether oxygens (including phenoxy) is 2. The second-order valence-electron chi connectivity index (χ2n) is 4.66. The van der Waals surface area contributed by atoms with E-state index in [1.807, 2.05) is 19.1 Å². The SMILES string of the molecule is CCNCc1ccc(-c2ccc(OC)c(OC)c2)c(F)c1. The largest absolute Gasteiger partial charge is 0.493 e. The molecule has 0 spiro atoms. The van der Waals surface area contributed by atoms with E-state index < -0.39 is 0 Å². The van der Waals surface area contributed by atoms with Gasteiger partial charge in [0.2, 0.25) is 0 Å². The van der Waals surface area contributed by atoms with Gasteiger partial charge in [-0.2, -0.15) is 0 Å².